The molecule has 1 N–H and O–H groups in total. The molecule has 0 saturated carbocycles. The van der Waals surface area contributed by atoms with E-state index in [0.29, 0.717) is 11.3 Å². The van der Waals surface area contributed by atoms with Gasteiger partial charge in [-0.1, -0.05) is 18.2 Å². The first-order valence-electron chi connectivity index (χ1n) is 6.15. The second kappa shape index (κ2) is 5.65. The molecule has 0 heterocycles. The van der Waals surface area contributed by atoms with Crippen molar-refractivity contribution in [3.05, 3.63) is 59.4 Å². The molecule has 2 rings (SSSR count). The topological polar surface area (TPSA) is 63.2 Å². The van der Waals surface area contributed by atoms with Crippen LogP contribution in [0.25, 0.3) is 0 Å². The van der Waals surface area contributed by atoms with Gasteiger partial charge in [0.2, 0.25) is 0 Å². The standard InChI is InChI=1S/C15H14FNO3S/c1-10-5-3-8-13(14(10)16)15(18)17-11-6-4-7-12(9-11)21(2,19)20/h3-9H,1-2H3,(H,17,18). The molecule has 110 valence electrons. The molecule has 2 aromatic carbocycles. The lowest BCUT2D eigenvalue weighted by Gasteiger charge is -2.08. The van der Waals surface area contributed by atoms with Gasteiger partial charge < -0.3 is 5.32 Å². The lowest BCUT2D eigenvalue weighted by Crippen LogP contribution is -2.14. The van der Waals surface area contributed by atoms with Crippen molar-refractivity contribution < 1.29 is 17.6 Å². The van der Waals surface area contributed by atoms with Crippen LogP contribution < -0.4 is 5.32 Å². The molecule has 0 aliphatic rings. The Morgan fingerprint density at radius 3 is 2.48 bits per heavy atom. The van der Waals surface area contributed by atoms with E-state index in [2.05, 4.69) is 5.32 Å². The highest BCUT2D eigenvalue weighted by atomic mass is 32.2. The molecule has 0 saturated heterocycles. The summed E-state index contributed by atoms with van der Waals surface area (Å²) >= 11 is 0. The number of hydrogen-bond donors (Lipinski definition) is 1. The Kier molecular flexibility index (Phi) is 4.09. The summed E-state index contributed by atoms with van der Waals surface area (Å²) in [6.45, 7) is 1.57. The first kappa shape index (κ1) is 15.2. The first-order chi connectivity index (χ1) is 9.79. The van der Waals surface area contributed by atoms with Crippen LogP contribution in [0.4, 0.5) is 10.1 Å². The highest BCUT2D eigenvalue weighted by molar-refractivity contribution is 7.90. The quantitative estimate of drug-likeness (QED) is 0.948. The molecule has 0 fully saturated rings. The van der Waals surface area contributed by atoms with Crippen molar-refractivity contribution in [2.75, 3.05) is 11.6 Å². The zero-order valence-corrected chi connectivity index (χ0v) is 12.4. The molecule has 0 unspecified atom stereocenters. The molecule has 6 heteroatoms. The third-order valence-corrected chi connectivity index (χ3v) is 4.07. The number of carbonyl (C=O) groups is 1. The fraction of sp³-hybridized carbons (Fsp3) is 0.133. The molecular weight excluding hydrogens is 293 g/mol. The number of nitrogens with one attached hydrogen (secondary N) is 1. The van der Waals surface area contributed by atoms with Crippen molar-refractivity contribution in [3.63, 3.8) is 0 Å². The number of hydrogen-bond acceptors (Lipinski definition) is 3. The van der Waals surface area contributed by atoms with Crippen LogP contribution in [0.2, 0.25) is 0 Å². The zero-order chi connectivity index (χ0) is 15.6. The smallest absolute Gasteiger partial charge is 0.258 e. The van der Waals surface area contributed by atoms with Gasteiger partial charge in [-0.15, -0.1) is 0 Å². The van der Waals surface area contributed by atoms with Crippen LogP contribution >= 0.6 is 0 Å². The van der Waals surface area contributed by atoms with Crippen LogP contribution in [0.15, 0.2) is 47.4 Å². The predicted octanol–water partition coefficient (Wildman–Crippen LogP) is 2.79. The highest BCUT2D eigenvalue weighted by Gasteiger charge is 2.14. The van der Waals surface area contributed by atoms with E-state index in [0.717, 1.165) is 6.26 Å². The van der Waals surface area contributed by atoms with Gasteiger partial charge in [0.1, 0.15) is 5.82 Å². The van der Waals surface area contributed by atoms with Gasteiger partial charge in [-0.05, 0) is 36.8 Å². The normalized spacial score (nSPS) is 11.2. The molecule has 0 bridgehead atoms. The summed E-state index contributed by atoms with van der Waals surface area (Å²) in [6.07, 6.45) is 1.08. The first-order valence-corrected chi connectivity index (χ1v) is 8.05. The Balaban J connectivity index is 2.30. The molecule has 0 atom stereocenters. The fourth-order valence-corrected chi connectivity index (χ4v) is 2.49. The number of rotatable bonds is 3. The van der Waals surface area contributed by atoms with E-state index in [1.807, 2.05) is 0 Å². The van der Waals surface area contributed by atoms with E-state index in [1.54, 1.807) is 25.1 Å². The molecular formula is C15H14FNO3S. The van der Waals surface area contributed by atoms with E-state index in [4.69, 9.17) is 0 Å². The fourth-order valence-electron chi connectivity index (χ4n) is 1.83. The minimum atomic E-state index is -3.37. The third kappa shape index (κ3) is 3.46. The van der Waals surface area contributed by atoms with Crippen molar-refractivity contribution >= 4 is 21.4 Å². The van der Waals surface area contributed by atoms with Gasteiger partial charge in [-0.3, -0.25) is 4.79 Å². The number of anilines is 1. The van der Waals surface area contributed by atoms with Gasteiger partial charge in [0.05, 0.1) is 10.5 Å². The van der Waals surface area contributed by atoms with Gasteiger partial charge in [-0.25, -0.2) is 12.8 Å². The molecule has 0 aliphatic heterocycles. The van der Waals surface area contributed by atoms with Gasteiger partial charge >= 0.3 is 0 Å². The number of carbonyl (C=O) groups excluding carboxylic acids is 1. The second-order valence-corrected chi connectivity index (χ2v) is 6.71. The number of sulfone groups is 1. The zero-order valence-electron chi connectivity index (χ0n) is 11.6. The average Bonchev–Trinajstić information content (AvgIpc) is 2.41. The van der Waals surface area contributed by atoms with E-state index in [-0.39, 0.29) is 10.5 Å². The number of aryl methyl sites for hydroxylation is 1. The summed E-state index contributed by atoms with van der Waals surface area (Å²) in [5, 5.41) is 2.50. The van der Waals surface area contributed by atoms with Crippen LogP contribution in [0, 0.1) is 12.7 Å². The minimum Gasteiger partial charge on any atom is -0.322 e. The number of halogens is 1. The van der Waals surface area contributed by atoms with Crippen LogP contribution in [0.5, 0.6) is 0 Å². The van der Waals surface area contributed by atoms with Gasteiger partial charge in [0.15, 0.2) is 9.84 Å². The van der Waals surface area contributed by atoms with Gasteiger partial charge in [-0.2, -0.15) is 0 Å². The lowest BCUT2D eigenvalue weighted by molar-refractivity contribution is 0.102. The SMILES string of the molecule is Cc1cccc(C(=O)Nc2cccc(S(C)(=O)=O)c2)c1F. The van der Waals surface area contributed by atoms with Crippen molar-refractivity contribution in [2.24, 2.45) is 0 Å². The van der Waals surface area contributed by atoms with Crippen molar-refractivity contribution in [2.45, 2.75) is 11.8 Å². The maximum atomic E-state index is 13.9. The van der Waals surface area contributed by atoms with Crippen LogP contribution in [0.3, 0.4) is 0 Å². The van der Waals surface area contributed by atoms with Crippen LogP contribution in [-0.2, 0) is 9.84 Å². The van der Waals surface area contributed by atoms with Crippen molar-refractivity contribution in [3.8, 4) is 0 Å². The number of amides is 1. The molecule has 0 aliphatic carbocycles. The van der Waals surface area contributed by atoms with Gasteiger partial charge in [0, 0.05) is 11.9 Å². The van der Waals surface area contributed by atoms with E-state index < -0.39 is 21.6 Å². The van der Waals surface area contributed by atoms with E-state index in [9.17, 15) is 17.6 Å². The summed E-state index contributed by atoms with van der Waals surface area (Å²) < 4.78 is 36.8. The van der Waals surface area contributed by atoms with E-state index in [1.165, 1.54) is 24.3 Å². The summed E-state index contributed by atoms with van der Waals surface area (Å²) in [4.78, 5) is 12.1. The monoisotopic (exact) mass is 307 g/mol. The van der Waals surface area contributed by atoms with Crippen molar-refractivity contribution in [1.82, 2.24) is 0 Å². The molecule has 2 aromatic rings. The summed E-state index contributed by atoms with van der Waals surface area (Å²) in [5.41, 5.74) is 0.580. The van der Waals surface area contributed by atoms with Crippen LogP contribution in [-0.4, -0.2) is 20.6 Å². The summed E-state index contributed by atoms with van der Waals surface area (Å²) in [5.74, 6) is -1.21. The molecule has 0 spiro atoms. The minimum absolute atomic E-state index is 0.0836. The van der Waals surface area contributed by atoms with E-state index >= 15 is 0 Å². The summed E-state index contributed by atoms with van der Waals surface area (Å²) in [7, 11) is -3.37. The largest absolute Gasteiger partial charge is 0.322 e. The molecule has 1 amide bonds. The lowest BCUT2D eigenvalue weighted by atomic mass is 10.1. The Labute approximate surface area is 122 Å². The molecule has 4 nitrogen and oxygen atoms in total. The third-order valence-electron chi connectivity index (χ3n) is 2.96. The maximum Gasteiger partial charge on any atom is 0.258 e. The van der Waals surface area contributed by atoms with Crippen LogP contribution in [0.1, 0.15) is 15.9 Å². The number of benzene rings is 2. The summed E-state index contributed by atoms with van der Waals surface area (Å²) in [6, 6.07) is 10.3. The Morgan fingerprint density at radius 2 is 1.81 bits per heavy atom. The van der Waals surface area contributed by atoms with Crippen molar-refractivity contribution in [1.29, 1.82) is 0 Å². The predicted molar refractivity (Wildman–Crippen MR) is 78.6 cm³/mol. The second-order valence-electron chi connectivity index (χ2n) is 4.69. The molecule has 0 aromatic heterocycles. The Bertz CT molecular complexity index is 800. The highest BCUT2D eigenvalue weighted by Crippen LogP contribution is 2.18. The van der Waals surface area contributed by atoms with Gasteiger partial charge in [0.25, 0.3) is 5.91 Å². The Morgan fingerprint density at radius 1 is 1.14 bits per heavy atom. The average molecular weight is 307 g/mol. The Hall–Kier alpha value is -2.21. The maximum absolute atomic E-state index is 13.9. The molecule has 21 heavy (non-hydrogen) atoms. The molecule has 0 radical (unpaired) electrons.